The van der Waals surface area contributed by atoms with Crippen LogP contribution in [0.1, 0.15) is 46.0 Å². The van der Waals surface area contributed by atoms with Crippen molar-refractivity contribution in [1.29, 1.82) is 0 Å². The predicted molar refractivity (Wildman–Crippen MR) is 90.7 cm³/mol. The minimum atomic E-state index is -0.407. The highest BCUT2D eigenvalue weighted by Gasteiger charge is 2.61. The van der Waals surface area contributed by atoms with E-state index in [0.29, 0.717) is 11.9 Å². The van der Waals surface area contributed by atoms with Crippen molar-refractivity contribution in [2.75, 3.05) is 5.01 Å². The molecule has 1 aliphatic heterocycles. The van der Waals surface area contributed by atoms with Crippen molar-refractivity contribution in [3.8, 4) is 0 Å². The molecular weight excluding hydrogens is 284 g/mol. The summed E-state index contributed by atoms with van der Waals surface area (Å²) in [7, 11) is 0. The van der Waals surface area contributed by atoms with Gasteiger partial charge in [0.25, 0.3) is 5.91 Å². The van der Waals surface area contributed by atoms with E-state index < -0.39 is 5.54 Å². The number of para-hydroxylation sites is 1. The van der Waals surface area contributed by atoms with Crippen LogP contribution in [-0.4, -0.2) is 22.5 Å². The summed E-state index contributed by atoms with van der Waals surface area (Å²) in [6.45, 7) is 4.13. The molecule has 1 aromatic carbocycles. The van der Waals surface area contributed by atoms with Gasteiger partial charge < -0.3 is 0 Å². The molecule has 4 saturated carbocycles. The summed E-state index contributed by atoms with van der Waals surface area (Å²) in [6.07, 6.45) is 6.87. The van der Waals surface area contributed by atoms with Gasteiger partial charge in [-0.2, -0.15) is 0 Å². The molecule has 23 heavy (non-hydrogen) atoms. The summed E-state index contributed by atoms with van der Waals surface area (Å²) in [5, 5.41) is 4.44. The number of anilines is 1. The number of nitrogens with zero attached hydrogens (tertiary/aromatic N) is 2. The Kier molecular flexibility index (Phi) is 2.73. The fourth-order valence-electron chi connectivity index (χ4n) is 6.27. The number of hydrogen-bond donors (Lipinski definition) is 0. The highest BCUT2D eigenvalue weighted by atomic mass is 16.2. The minimum Gasteiger partial charge on any atom is -0.270 e. The number of carbonyl (C=O) groups is 1. The maximum atomic E-state index is 13.0. The number of carbonyl (C=O) groups excluding carboxylic acids is 1. The Hall–Kier alpha value is -1.51. The van der Waals surface area contributed by atoms with Crippen LogP contribution in [0.25, 0.3) is 0 Å². The molecule has 4 bridgehead atoms. The van der Waals surface area contributed by atoms with E-state index >= 15 is 0 Å². The number of hydrazine groups is 1. The zero-order chi connectivity index (χ0) is 15.8. The van der Waals surface area contributed by atoms with Crippen LogP contribution in [0.5, 0.6) is 0 Å². The highest BCUT2D eigenvalue weighted by molar-refractivity contribution is 5.97. The molecule has 3 heteroatoms. The van der Waals surface area contributed by atoms with Gasteiger partial charge in [-0.05, 0) is 81.8 Å². The average Bonchev–Trinajstić information content (AvgIpc) is 2.53. The SMILES string of the molecule is CC1(C)C(=O)N(C2C3CC4CC(C3)CC2C4)N1c1ccccc1. The van der Waals surface area contributed by atoms with Crippen molar-refractivity contribution in [2.24, 2.45) is 23.7 Å². The summed E-state index contributed by atoms with van der Waals surface area (Å²) in [5.74, 6) is 3.68. The Morgan fingerprint density at radius 2 is 1.48 bits per heavy atom. The van der Waals surface area contributed by atoms with Crippen molar-refractivity contribution in [2.45, 2.75) is 57.5 Å². The van der Waals surface area contributed by atoms with E-state index in [2.05, 4.69) is 48.1 Å². The van der Waals surface area contributed by atoms with Crippen molar-refractivity contribution in [1.82, 2.24) is 5.01 Å². The fourth-order valence-corrected chi connectivity index (χ4v) is 6.27. The van der Waals surface area contributed by atoms with Gasteiger partial charge in [-0.15, -0.1) is 0 Å². The third-order valence-corrected chi connectivity index (χ3v) is 6.94. The summed E-state index contributed by atoms with van der Waals surface area (Å²) >= 11 is 0. The maximum absolute atomic E-state index is 13.0. The molecule has 0 atom stereocenters. The zero-order valence-electron chi connectivity index (χ0n) is 14.1. The van der Waals surface area contributed by atoms with Crippen molar-refractivity contribution in [3.05, 3.63) is 30.3 Å². The zero-order valence-corrected chi connectivity index (χ0v) is 14.1. The first-order chi connectivity index (χ1) is 11.1. The van der Waals surface area contributed by atoms with Gasteiger partial charge in [0.1, 0.15) is 5.54 Å². The number of hydrogen-bond acceptors (Lipinski definition) is 2. The van der Waals surface area contributed by atoms with Crippen molar-refractivity contribution >= 4 is 11.6 Å². The molecule has 122 valence electrons. The standard InChI is InChI=1S/C20H26N2O/c1-20(2)19(23)21(22(20)17-6-4-3-5-7-17)18-15-9-13-8-14(11-15)12-16(18)10-13/h3-7,13-16,18H,8-12H2,1-2H3. The number of benzene rings is 1. The Labute approximate surface area is 138 Å². The molecule has 0 spiro atoms. The van der Waals surface area contributed by atoms with E-state index in [1.165, 1.54) is 32.1 Å². The van der Waals surface area contributed by atoms with Gasteiger partial charge >= 0.3 is 0 Å². The van der Waals surface area contributed by atoms with Crippen LogP contribution in [0.2, 0.25) is 0 Å². The molecule has 1 heterocycles. The number of rotatable bonds is 2. The van der Waals surface area contributed by atoms with Crippen LogP contribution in [0.4, 0.5) is 5.69 Å². The first-order valence-corrected chi connectivity index (χ1v) is 9.24. The van der Waals surface area contributed by atoms with Gasteiger partial charge in [-0.3, -0.25) is 9.80 Å². The van der Waals surface area contributed by atoms with Crippen LogP contribution in [0.15, 0.2) is 30.3 Å². The third-order valence-electron chi connectivity index (χ3n) is 6.94. The van der Waals surface area contributed by atoms with Crippen LogP contribution < -0.4 is 5.01 Å². The molecule has 0 N–H and O–H groups in total. The summed E-state index contributed by atoms with van der Waals surface area (Å²) < 4.78 is 0. The Morgan fingerprint density at radius 3 is 2.04 bits per heavy atom. The van der Waals surface area contributed by atoms with Gasteiger partial charge in [0.2, 0.25) is 0 Å². The lowest BCUT2D eigenvalue weighted by Gasteiger charge is -2.65. The molecule has 5 fully saturated rings. The lowest BCUT2D eigenvalue weighted by Crippen LogP contribution is -2.80. The molecule has 0 aromatic heterocycles. The normalized spacial score (nSPS) is 40.4. The van der Waals surface area contributed by atoms with Crippen LogP contribution in [0.3, 0.4) is 0 Å². The second kappa shape index (κ2) is 4.52. The lowest BCUT2D eigenvalue weighted by molar-refractivity contribution is -0.170. The highest BCUT2D eigenvalue weighted by Crippen LogP contribution is 2.57. The molecule has 1 amide bonds. The fraction of sp³-hybridized carbons (Fsp3) is 0.650. The van der Waals surface area contributed by atoms with E-state index in [1.54, 1.807) is 0 Å². The minimum absolute atomic E-state index is 0.318. The number of amides is 1. The average molecular weight is 310 g/mol. The maximum Gasteiger partial charge on any atom is 0.268 e. The van der Waals surface area contributed by atoms with E-state index in [-0.39, 0.29) is 0 Å². The summed E-state index contributed by atoms with van der Waals surface area (Å²) in [6, 6.07) is 10.9. The topological polar surface area (TPSA) is 23.6 Å². The van der Waals surface area contributed by atoms with Gasteiger partial charge in [0.15, 0.2) is 0 Å². The quantitative estimate of drug-likeness (QED) is 0.828. The molecule has 5 aliphatic rings. The summed E-state index contributed by atoms with van der Waals surface area (Å²) in [4.78, 5) is 13.0. The first-order valence-electron chi connectivity index (χ1n) is 9.24. The molecule has 1 saturated heterocycles. The predicted octanol–water partition coefficient (Wildman–Crippen LogP) is 3.85. The third kappa shape index (κ3) is 1.79. The van der Waals surface area contributed by atoms with Gasteiger partial charge in [0, 0.05) is 0 Å². The van der Waals surface area contributed by atoms with Crippen molar-refractivity contribution < 1.29 is 4.79 Å². The van der Waals surface area contributed by atoms with Gasteiger partial charge in [0.05, 0.1) is 11.7 Å². The van der Waals surface area contributed by atoms with Crippen LogP contribution in [0, 0.1) is 23.7 Å². The second-order valence-corrected chi connectivity index (χ2v) is 8.78. The molecule has 0 radical (unpaired) electrons. The van der Waals surface area contributed by atoms with E-state index in [1.807, 2.05) is 6.07 Å². The Balaban J connectivity index is 1.51. The molecule has 6 rings (SSSR count). The van der Waals surface area contributed by atoms with Crippen LogP contribution >= 0.6 is 0 Å². The second-order valence-electron chi connectivity index (χ2n) is 8.78. The summed E-state index contributed by atoms with van der Waals surface area (Å²) in [5.41, 5.74) is 0.752. The smallest absolute Gasteiger partial charge is 0.268 e. The van der Waals surface area contributed by atoms with Crippen LogP contribution in [-0.2, 0) is 4.79 Å². The lowest BCUT2D eigenvalue weighted by atomic mass is 9.53. The Morgan fingerprint density at radius 1 is 0.913 bits per heavy atom. The largest absolute Gasteiger partial charge is 0.270 e. The first kappa shape index (κ1) is 13.9. The monoisotopic (exact) mass is 310 g/mol. The van der Waals surface area contributed by atoms with E-state index in [9.17, 15) is 4.79 Å². The van der Waals surface area contributed by atoms with E-state index in [0.717, 1.165) is 29.4 Å². The molecule has 0 unspecified atom stereocenters. The molecule has 3 nitrogen and oxygen atoms in total. The van der Waals surface area contributed by atoms with E-state index in [4.69, 9.17) is 0 Å². The van der Waals surface area contributed by atoms with Gasteiger partial charge in [-0.1, -0.05) is 18.2 Å². The molecule has 4 aliphatic carbocycles. The Bertz CT molecular complexity index is 610. The van der Waals surface area contributed by atoms with Gasteiger partial charge in [-0.25, -0.2) is 5.01 Å². The van der Waals surface area contributed by atoms with Crippen molar-refractivity contribution in [3.63, 3.8) is 0 Å². The molecule has 1 aromatic rings. The molecular formula is C20H26N2O.